The summed E-state index contributed by atoms with van der Waals surface area (Å²) in [7, 11) is 0. The molecule has 2 heterocycles. The first-order valence-electron chi connectivity index (χ1n) is 9.35. The Bertz CT molecular complexity index is 1010. The standard InChI is InChI=1S/C20H20N6O2S/c27-26(28)18-8-9-19(24-10-4-5-11-24)17(12-18)13-22-25-15-21-23-20(25)29-14-16-6-2-1-3-7-16/h1-3,6-9,12-13,15H,4-5,10-11,14H2. The minimum absolute atomic E-state index is 0.0526. The maximum Gasteiger partial charge on any atom is 0.270 e. The fourth-order valence-electron chi connectivity index (χ4n) is 3.24. The van der Waals surface area contributed by atoms with E-state index >= 15 is 0 Å². The van der Waals surface area contributed by atoms with Gasteiger partial charge >= 0.3 is 0 Å². The third-order valence-corrected chi connectivity index (χ3v) is 5.71. The highest BCUT2D eigenvalue weighted by Crippen LogP contribution is 2.27. The van der Waals surface area contributed by atoms with Crippen LogP contribution in [-0.2, 0) is 5.75 Å². The van der Waals surface area contributed by atoms with Gasteiger partial charge in [-0.1, -0.05) is 42.1 Å². The maximum absolute atomic E-state index is 11.2. The van der Waals surface area contributed by atoms with Gasteiger partial charge in [-0.2, -0.15) is 9.78 Å². The van der Waals surface area contributed by atoms with Crippen LogP contribution in [-0.4, -0.2) is 39.1 Å². The van der Waals surface area contributed by atoms with E-state index in [1.165, 1.54) is 23.7 Å². The lowest BCUT2D eigenvalue weighted by Crippen LogP contribution is -2.19. The van der Waals surface area contributed by atoms with Crippen molar-refractivity contribution in [3.05, 3.63) is 76.1 Å². The molecule has 1 saturated heterocycles. The average molecular weight is 408 g/mol. The third-order valence-electron chi connectivity index (χ3n) is 4.70. The molecule has 1 fully saturated rings. The molecule has 29 heavy (non-hydrogen) atoms. The minimum atomic E-state index is -0.384. The van der Waals surface area contributed by atoms with Crippen LogP contribution < -0.4 is 4.90 Å². The molecule has 0 N–H and O–H groups in total. The van der Waals surface area contributed by atoms with Crippen molar-refractivity contribution in [3.63, 3.8) is 0 Å². The normalized spacial score (nSPS) is 14.0. The molecule has 9 heteroatoms. The summed E-state index contributed by atoms with van der Waals surface area (Å²) in [5.74, 6) is 0.755. The number of non-ortho nitro benzene ring substituents is 1. The number of benzene rings is 2. The minimum Gasteiger partial charge on any atom is -0.371 e. The fourth-order valence-corrected chi connectivity index (χ4v) is 4.06. The lowest BCUT2D eigenvalue weighted by molar-refractivity contribution is -0.384. The van der Waals surface area contributed by atoms with Crippen molar-refractivity contribution in [2.45, 2.75) is 23.8 Å². The third kappa shape index (κ3) is 4.62. The summed E-state index contributed by atoms with van der Waals surface area (Å²) < 4.78 is 1.60. The van der Waals surface area contributed by atoms with E-state index in [2.05, 4.69) is 32.3 Å². The SMILES string of the molecule is O=[N+]([O-])c1ccc(N2CCCC2)c(C=Nn2cnnc2SCc2ccccc2)c1. The average Bonchev–Trinajstić information content (AvgIpc) is 3.43. The van der Waals surface area contributed by atoms with Crippen molar-refractivity contribution in [2.24, 2.45) is 5.10 Å². The van der Waals surface area contributed by atoms with Crippen LogP contribution in [0.3, 0.4) is 0 Å². The number of hydrogen-bond donors (Lipinski definition) is 0. The number of anilines is 1. The fraction of sp³-hybridized carbons (Fsp3) is 0.250. The van der Waals surface area contributed by atoms with Crippen LogP contribution in [0.25, 0.3) is 0 Å². The molecule has 2 aromatic carbocycles. The summed E-state index contributed by atoms with van der Waals surface area (Å²) in [6.45, 7) is 1.90. The molecule has 4 rings (SSSR count). The van der Waals surface area contributed by atoms with E-state index in [1.807, 2.05) is 24.3 Å². The predicted molar refractivity (Wildman–Crippen MR) is 114 cm³/mol. The van der Waals surface area contributed by atoms with Crippen LogP contribution in [0.2, 0.25) is 0 Å². The first-order chi connectivity index (χ1) is 14.2. The molecule has 0 spiro atoms. The summed E-state index contributed by atoms with van der Waals surface area (Å²) in [6.07, 6.45) is 5.44. The summed E-state index contributed by atoms with van der Waals surface area (Å²) in [5, 5.41) is 24.4. The van der Waals surface area contributed by atoms with E-state index < -0.39 is 0 Å². The van der Waals surface area contributed by atoms with Gasteiger partial charge in [-0.3, -0.25) is 10.1 Å². The van der Waals surface area contributed by atoms with Crippen molar-refractivity contribution in [1.82, 2.24) is 14.9 Å². The molecule has 0 saturated carbocycles. The molecule has 8 nitrogen and oxygen atoms in total. The molecule has 1 aromatic heterocycles. The highest BCUT2D eigenvalue weighted by atomic mass is 32.2. The van der Waals surface area contributed by atoms with Crippen LogP contribution in [0, 0.1) is 10.1 Å². The van der Waals surface area contributed by atoms with E-state index in [9.17, 15) is 10.1 Å². The highest BCUT2D eigenvalue weighted by molar-refractivity contribution is 7.98. The topological polar surface area (TPSA) is 89.5 Å². The highest BCUT2D eigenvalue weighted by Gasteiger charge is 2.18. The smallest absolute Gasteiger partial charge is 0.270 e. The van der Waals surface area contributed by atoms with Crippen molar-refractivity contribution in [2.75, 3.05) is 18.0 Å². The van der Waals surface area contributed by atoms with Crippen LogP contribution in [0.4, 0.5) is 11.4 Å². The van der Waals surface area contributed by atoms with Gasteiger partial charge in [0.05, 0.1) is 11.1 Å². The first-order valence-corrected chi connectivity index (χ1v) is 10.3. The van der Waals surface area contributed by atoms with E-state index in [1.54, 1.807) is 23.0 Å². The molecule has 0 unspecified atom stereocenters. The Hall–Kier alpha value is -3.20. The Labute approximate surface area is 172 Å². The summed E-state index contributed by atoms with van der Waals surface area (Å²) in [4.78, 5) is 13.1. The van der Waals surface area contributed by atoms with Gasteiger partial charge in [-0.25, -0.2) is 0 Å². The zero-order valence-electron chi connectivity index (χ0n) is 15.7. The monoisotopic (exact) mass is 408 g/mol. The number of thioether (sulfide) groups is 1. The summed E-state index contributed by atoms with van der Waals surface area (Å²) >= 11 is 1.54. The molecule has 0 amide bonds. The maximum atomic E-state index is 11.2. The Morgan fingerprint density at radius 1 is 1.17 bits per heavy atom. The number of nitrogens with zero attached hydrogens (tertiary/aromatic N) is 6. The van der Waals surface area contributed by atoms with Crippen molar-refractivity contribution in [1.29, 1.82) is 0 Å². The molecule has 0 atom stereocenters. The lowest BCUT2D eigenvalue weighted by Gasteiger charge is -2.19. The van der Waals surface area contributed by atoms with Gasteiger partial charge in [0, 0.05) is 42.2 Å². The van der Waals surface area contributed by atoms with E-state index in [4.69, 9.17) is 0 Å². The van der Waals surface area contributed by atoms with Crippen molar-refractivity contribution >= 4 is 29.4 Å². The van der Waals surface area contributed by atoms with Crippen LogP contribution in [0.1, 0.15) is 24.0 Å². The number of hydrogen-bond acceptors (Lipinski definition) is 7. The molecule has 0 aliphatic carbocycles. The zero-order chi connectivity index (χ0) is 20.1. The van der Waals surface area contributed by atoms with Gasteiger partial charge in [-0.05, 0) is 24.5 Å². The van der Waals surface area contributed by atoms with E-state index in [0.717, 1.165) is 37.4 Å². The summed E-state index contributed by atoms with van der Waals surface area (Å²) in [5.41, 5.74) is 2.92. The molecule has 1 aliphatic heterocycles. The quantitative estimate of drug-likeness (QED) is 0.254. The van der Waals surface area contributed by atoms with Crippen LogP contribution >= 0.6 is 11.8 Å². The second kappa shape index (κ2) is 8.87. The van der Waals surface area contributed by atoms with Gasteiger partial charge in [-0.15, -0.1) is 10.2 Å². The Morgan fingerprint density at radius 3 is 2.72 bits per heavy atom. The molecule has 0 radical (unpaired) electrons. The second-order valence-electron chi connectivity index (χ2n) is 6.67. The first kappa shape index (κ1) is 19.1. The number of nitro groups is 1. The number of aromatic nitrogens is 3. The predicted octanol–water partition coefficient (Wildman–Crippen LogP) is 3.96. The van der Waals surface area contributed by atoms with Gasteiger partial charge in [0.1, 0.15) is 6.33 Å². The van der Waals surface area contributed by atoms with Gasteiger partial charge in [0.2, 0.25) is 5.16 Å². The Balaban J connectivity index is 1.56. The molecule has 148 valence electrons. The van der Waals surface area contributed by atoms with E-state index in [-0.39, 0.29) is 10.6 Å². The van der Waals surface area contributed by atoms with Gasteiger partial charge in [0.15, 0.2) is 0 Å². The largest absolute Gasteiger partial charge is 0.371 e. The molecular formula is C20H20N6O2S. The lowest BCUT2D eigenvalue weighted by atomic mass is 10.1. The second-order valence-corrected chi connectivity index (χ2v) is 7.61. The summed E-state index contributed by atoms with van der Waals surface area (Å²) in [6, 6.07) is 15.0. The van der Waals surface area contributed by atoms with Crippen molar-refractivity contribution in [3.8, 4) is 0 Å². The molecular weight excluding hydrogens is 388 g/mol. The Kier molecular flexibility index (Phi) is 5.85. The molecule has 1 aliphatic rings. The number of nitro benzene ring substituents is 1. The van der Waals surface area contributed by atoms with Crippen LogP contribution in [0.15, 0.2) is 65.1 Å². The van der Waals surface area contributed by atoms with Crippen molar-refractivity contribution < 1.29 is 4.92 Å². The van der Waals surface area contributed by atoms with E-state index in [0.29, 0.717) is 10.7 Å². The molecule has 3 aromatic rings. The zero-order valence-corrected chi connectivity index (χ0v) is 16.5. The van der Waals surface area contributed by atoms with Crippen LogP contribution in [0.5, 0.6) is 0 Å². The Morgan fingerprint density at radius 2 is 1.97 bits per heavy atom. The van der Waals surface area contributed by atoms with Gasteiger partial charge < -0.3 is 4.90 Å². The number of rotatable bonds is 7. The molecule has 0 bridgehead atoms. The van der Waals surface area contributed by atoms with Gasteiger partial charge in [0.25, 0.3) is 5.69 Å².